The monoisotopic (exact) mass is 261 g/mol. The third-order valence-electron chi connectivity index (χ3n) is 4.00. The molecule has 0 unspecified atom stereocenters. The first-order chi connectivity index (χ1) is 9.15. The number of carboxylic acids is 1. The molecule has 1 spiro atoms. The Morgan fingerprint density at radius 2 is 2.00 bits per heavy atom. The van der Waals surface area contributed by atoms with E-state index in [1.165, 1.54) is 4.90 Å². The van der Waals surface area contributed by atoms with Crippen LogP contribution in [0.25, 0.3) is 0 Å². The maximum absolute atomic E-state index is 12.7. The number of carbonyl (C=O) groups is 2. The largest absolute Gasteiger partial charge is 0.480 e. The van der Waals surface area contributed by atoms with E-state index in [-0.39, 0.29) is 12.5 Å². The van der Waals surface area contributed by atoms with Crippen molar-refractivity contribution >= 4 is 17.6 Å². The summed E-state index contributed by atoms with van der Waals surface area (Å²) in [5.41, 5.74) is 1.10. The van der Waals surface area contributed by atoms with Gasteiger partial charge < -0.3 is 14.7 Å². The van der Waals surface area contributed by atoms with E-state index < -0.39 is 11.4 Å². The Kier molecular flexibility index (Phi) is 2.78. The van der Waals surface area contributed by atoms with Crippen LogP contribution >= 0.6 is 0 Å². The minimum absolute atomic E-state index is 0.0978. The molecule has 2 aliphatic rings. The van der Waals surface area contributed by atoms with E-state index in [1.54, 1.807) is 0 Å². The molecular weight excluding hydrogens is 246 g/mol. The van der Waals surface area contributed by atoms with Crippen LogP contribution in [0.5, 0.6) is 0 Å². The van der Waals surface area contributed by atoms with Crippen LogP contribution in [0.3, 0.4) is 0 Å². The Balaban J connectivity index is 2.08. The highest BCUT2D eigenvalue weighted by Crippen LogP contribution is 2.47. The number of carbonyl (C=O) groups excluding carboxylic acids is 1. The molecule has 5 nitrogen and oxygen atoms in total. The lowest BCUT2D eigenvalue weighted by Crippen LogP contribution is -2.45. The van der Waals surface area contributed by atoms with E-state index in [0.29, 0.717) is 26.1 Å². The molecule has 1 fully saturated rings. The van der Waals surface area contributed by atoms with E-state index in [9.17, 15) is 9.59 Å². The second-order valence-electron chi connectivity index (χ2n) is 5.00. The summed E-state index contributed by atoms with van der Waals surface area (Å²) in [5, 5.41) is 8.99. The molecule has 1 aromatic carbocycles. The Morgan fingerprint density at radius 3 is 2.68 bits per heavy atom. The van der Waals surface area contributed by atoms with Gasteiger partial charge in [0.25, 0.3) is 0 Å². The zero-order valence-electron chi connectivity index (χ0n) is 10.5. The lowest BCUT2D eigenvalue weighted by atomic mass is 9.75. The SMILES string of the molecule is O=C(O)CN1C(=O)C2(CCOCC2)c2ccccc21. The number of para-hydroxylation sites is 1. The Bertz CT molecular complexity index is 534. The number of rotatable bonds is 2. The number of hydrogen-bond donors (Lipinski definition) is 1. The second-order valence-corrected chi connectivity index (χ2v) is 5.00. The summed E-state index contributed by atoms with van der Waals surface area (Å²) in [6.07, 6.45) is 1.25. The van der Waals surface area contributed by atoms with Crippen LogP contribution in [0.1, 0.15) is 18.4 Å². The van der Waals surface area contributed by atoms with Crippen LogP contribution in [0.4, 0.5) is 5.69 Å². The zero-order valence-corrected chi connectivity index (χ0v) is 10.5. The van der Waals surface area contributed by atoms with Crippen molar-refractivity contribution in [2.45, 2.75) is 18.3 Å². The number of ether oxygens (including phenoxy) is 1. The van der Waals surface area contributed by atoms with E-state index >= 15 is 0 Å². The van der Waals surface area contributed by atoms with E-state index in [1.807, 2.05) is 24.3 Å². The number of aliphatic carboxylic acids is 1. The molecule has 0 radical (unpaired) electrons. The van der Waals surface area contributed by atoms with Crippen molar-refractivity contribution in [3.05, 3.63) is 29.8 Å². The van der Waals surface area contributed by atoms with Crippen LogP contribution in [-0.4, -0.2) is 36.7 Å². The lowest BCUT2D eigenvalue weighted by Gasteiger charge is -2.32. The van der Waals surface area contributed by atoms with Crippen molar-refractivity contribution in [1.29, 1.82) is 0 Å². The molecule has 2 aliphatic heterocycles. The molecule has 5 heteroatoms. The first kappa shape index (κ1) is 12.2. The molecule has 1 aromatic rings. The first-order valence-corrected chi connectivity index (χ1v) is 6.36. The molecule has 3 rings (SSSR count). The van der Waals surface area contributed by atoms with Crippen molar-refractivity contribution in [2.24, 2.45) is 0 Å². The molecule has 19 heavy (non-hydrogen) atoms. The summed E-state index contributed by atoms with van der Waals surface area (Å²) < 4.78 is 5.35. The van der Waals surface area contributed by atoms with Gasteiger partial charge in [0.2, 0.25) is 5.91 Å². The highest BCUT2D eigenvalue weighted by Gasteiger charge is 2.51. The number of nitrogens with zero attached hydrogens (tertiary/aromatic N) is 1. The van der Waals surface area contributed by atoms with Gasteiger partial charge in [0, 0.05) is 18.9 Å². The van der Waals surface area contributed by atoms with Crippen LogP contribution < -0.4 is 4.90 Å². The van der Waals surface area contributed by atoms with Gasteiger partial charge in [-0.15, -0.1) is 0 Å². The molecule has 0 atom stereocenters. The van der Waals surface area contributed by atoms with Gasteiger partial charge in [-0.25, -0.2) is 0 Å². The minimum atomic E-state index is -0.993. The fourth-order valence-corrected chi connectivity index (χ4v) is 3.09. The quantitative estimate of drug-likeness (QED) is 0.867. The van der Waals surface area contributed by atoms with Crippen molar-refractivity contribution < 1.29 is 19.4 Å². The fraction of sp³-hybridized carbons (Fsp3) is 0.429. The van der Waals surface area contributed by atoms with Crippen LogP contribution in [0.2, 0.25) is 0 Å². The highest BCUT2D eigenvalue weighted by atomic mass is 16.5. The zero-order chi connectivity index (χ0) is 13.5. The average Bonchev–Trinajstić information content (AvgIpc) is 2.63. The van der Waals surface area contributed by atoms with Gasteiger partial charge >= 0.3 is 5.97 Å². The van der Waals surface area contributed by atoms with Crippen LogP contribution in [-0.2, 0) is 19.7 Å². The standard InChI is InChI=1S/C14H15NO4/c16-12(17)9-15-11-4-2-1-3-10(11)14(13(15)18)5-7-19-8-6-14/h1-4H,5-9H2,(H,16,17). The summed E-state index contributed by atoms with van der Waals surface area (Å²) in [6, 6.07) is 7.48. The van der Waals surface area contributed by atoms with Gasteiger partial charge in [-0.05, 0) is 24.5 Å². The number of fused-ring (bicyclic) bond motifs is 2. The normalized spacial score (nSPS) is 20.6. The molecule has 1 saturated heterocycles. The predicted molar refractivity (Wildman–Crippen MR) is 68.2 cm³/mol. The van der Waals surface area contributed by atoms with Crippen LogP contribution in [0.15, 0.2) is 24.3 Å². The van der Waals surface area contributed by atoms with Gasteiger partial charge in [0.05, 0.1) is 5.41 Å². The molecule has 0 bridgehead atoms. The summed E-state index contributed by atoms with van der Waals surface area (Å²) in [7, 11) is 0. The summed E-state index contributed by atoms with van der Waals surface area (Å²) in [4.78, 5) is 25.0. The smallest absolute Gasteiger partial charge is 0.323 e. The minimum Gasteiger partial charge on any atom is -0.480 e. The molecule has 100 valence electrons. The topological polar surface area (TPSA) is 66.8 Å². The Morgan fingerprint density at radius 1 is 1.32 bits per heavy atom. The Hall–Kier alpha value is -1.88. The summed E-state index contributed by atoms with van der Waals surface area (Å²) in [6.45, 7) is 0.806. The molecule has 1 amide bonds. The van der Waals surface area contributed by atoms with Crippen molar-refractivity contribution in [2.75, 3.05) is 24.7 Å². The second kappa shape index (κ2) is 4.35. The average molecular weight is 261 g/mol. The first-order valence-electron chi connectivity index (χ1n) is 6.36. The molecule has 1 N–H and O–H groups in total. The van der Waals surface area contributed by atoms with E-state index in [2.05, 4.69) is 0 Å². The third kappa shape index (κ3) is 1.73. The number of amides is 1. The Labute approximate surface area is 110 Å². The lowest BCUT2D eigenvalue weighted by molar-refractivity contribution is -0.137. The molecule has 0 saturated carbocycles. The highest BCUT2D eigenvalue weighted by molar-refractivity contribution is 6.10. The van der Waals surface area contributed by atoms with Gasteiger partial charge in [0.1, 0.15) is 6.54 Å². The summed E-state index contributed by atoms with van der Waals surface area (Å²) in [5.74, 6) is -1.09. The number of benzene rings is 1. The van der Waals surface area contributed by atoms with Crippen molar-refractivity contribution in [3.8, 4) is 0 Å². The molecule has 0 aromatic heterocycles. The number of anilines is 1. The number of hydrogen-bond acceptors (Lipinski definition) is 3. The maximum Gasteiger partial charge on any atom is 0.323 e. The van der Waals surface area contributed by atoms with Crippen LogP contribution in [0, 0.1) is 0 Å². The third-order valence-corrected chi connectivity index (χ3v) is 4.00. The summed E-state index contributed by atoms with van der Waals surface area (Å²) >= 11 is 0. The van der Waals surface area contributed by atoms with Gasteiger partial charge in [-0.1, -0.05) is 18.2 Å². The number of carboxylic acid groups (broad SMARTS) is 1. The van der Waals surface area contributed by atoms with E-state index in [4.69, 9.17) is 9.84 Å². The van der Waals surface area contributed by atoms with E-state index in [0.717, 1.165) is 11.3 Å². The molecule has 0 aliphatic carbocycles. The fourth-order valence-electron chi connectivity index (χ4n) is 3.09. The molecular formula is C14H15NO4. The van der Waals surface area contributed by atoms with Crippen molar-refractivity contribution in [1.82, 2.24) is 0 Å². The van der Waals surface area contributed by atoms with Crippen molar-refractivity contribution in [3.63, 3.8) is 0 Å². The predicted octanol–water partition coefficient (Wildman–Crippen LogP) is 1.17. The van der Waals surface area contributed by atoms with Gasteiger partial charge in [-0.3, -0.25) is 9.59 Å². The molecule has 2 heterocycles. The van der Waals surface area contributed by atoms with Gasteiger partial charge in [-0.2, -0.15) is 0 Å². The maximum atomic E-state index is 12.7. The van der Waals surface area contributed by atoms with Gasteiger partial charge in [0.15, 0.2) is 0 Å².